The van der Waals surface area contributed by atoms with E-state index in [1.165, 1.54) is 5.01 Å². The summed E-state index contributed by atoms with van der Waals surface area (Å²) in [5.74, 6) is -0.216. The minimum atomic E-state index is -0.657. The number of hydrazone groups is 1. The SMILES string of the molecule is CC1=NN(c2ccccc2)C(=O)[C@H]1Sc1nc(N)c(C#N)c(-c2ccccc2)c1C#N. The van der Waals surface area contributed by atoms with Gasteiger partial charge >= 0.3 is 0 Å². The summed E-state index contributed by atoms with van der Waals surface area (Å²) in [6.07, 6.45) is 0. The second kappa shape index (κ2) is 8.31. The number of benzene rings is 2. The van der Waals surface area contributed by atoms with E-state index < -0.39 is 5.25 Å². The van der Waals surface area contributed by atoms with Gasteiger partial charge in [-0.1, -0.05) is 60.3 Å². The Morgan fingerprint density at radius 2 is 1.61 bits per heavy atom. The minimum Gasteiger partial charge on any atom is -0.383 e. The van der Waals surface area contributed by atoms with Crippen molar-refractivity contribution in [1.29, 1.82) is 10.5 Å². The number of nitrogen functional groups attached to an aromatic ring is 1. The molecule has 0 saturated carbocycles. The zero-order valence-electron chi connectivity index (χ0n) is 16.5. The number of hydrogen-bond donors (Lipinski definition) is 1. The van der Waals surface area contributed by atoms with Crippen molar-refractivity contribution in [3.05, 3.63) is 71.8 Å². The van der Waals surface area contributed by atoms with Crippen LogP contribution in [-0.4, -0.2) is 21.9 Å². The lowest BCUT2D eigenvalue weighted by Gasteiger charge is -2.16. The minimum absolute atomic E-state index is 0.0165. The van der Waals surface area contributed by atoms with Crippen molar-refractivity contribution >= 4 is 34.9 Å². The van der Waals surface area contributed by atoms with Crippen LogP contribution in [0.15, 0.2) is 70.8 Å². The maximum absolute atomic E-state index is 13.1. The first-order chi connectivity index (χ1) is 15.0. The first-order valence-corrected chi connectivity index (χ1v) is 10.2. The summed E-state index contributed by atoms with van der Waals surface area (Å²) in [5.41, 5.74) is 8.77. The second-order valence-corrected chi connectivity index (χ2v) is 7.84. The van der Waals surface area contributed by atoms with Crippen molar-refractivity contribution in [3.8, 4) is 23.3 Å². The molecule has 8 heteroatoms. The fraction of sp³-hybridized carbons (Fsp3) is 0.0870. The van der Waals surface area contributed by atoms with Crippen LogP contribution in [0.4, 0.5) is 11.5 Å². The largest absolute Gasteiger partial charge is 0.383 e. The van der Waals surface area contributed by atoms with E-state index >= 15 is 0 Å². The van der Waals surface area contributed by atoms with Gasteiger partial charge in [-0.05, 0) is 24.6 Å². The smallest absolute Gasteiger partial charge is 0.266 e. The van der Waals surface area contributed by atoms with Crippen molar-refractivity contribution in [3.63, 3.8) is 0 Å². The van der Waals surface area contributed by atoms with Crippen molar-refractivity contribution < 1.29 is 4.79 Å². The van der Waals surface area contributed by atoms with Crippen LogP contribution >= 0.6 is 11.8 Å². The highest BCUT2D eigenvalue weighted by Crippen LogP contribution is 2.38. The maximum Gasteiger partial charge on any atom is 0.266 e. The quantitative estimate of drug-likeness (QED) is 0.677. The number of rotatable bonds is 4. The number of thioether (sulfide) groups is 1. The lowest BCUT2D eigenvalue weighted by atomic mass is 9.97. The molecule has 3 aromatic rings. The van der Waals surface area contributed by atoms with Gasteiger partial charge < -0.3 is 5.73 Å². The van der Waals surface area contributed by atoms with Gasteiger partial charge in [0.2, 0.25) is 0 Å². The number of anilines is 2. The highest BCUT2D eigenvalue weighted by atomic mass is 32.2. The Kier molecular flexibility index (Phi) is 5.40. The molecule has 2 heterocycles. The van der Waals surface area contributed by atoms with Gasteiger partial charge in [-0.2, -0.15) is 20.6 Å². The standard InChI is InChI=1S/C23H16N6OS/c1-14-20(23(30)29(28-14)16-10-6-3-7-11-16)31-22-18(13-25)19(15-8-4-2-5-9-15)17(12-24)21(26)27-22/h2-11,20H,1H3,(H2,26,27)/t20-/m0/s1. The first-order valence-electron chi connectivity index (χ1n) is 9.35. The van der Waals surface area contributed by atoms with E-state index in [4.69, 9.17) is 5.73 Å². The summed E-state index contributed by atoms with van der Waals surface area (Å²) < 4.78 is 0. The predicted molar refractivity (Wildman–Crippen MR) is 120 cm³/mol. The van der Waals surface area contributed by atoms with Crippen LogP contribution in [0.5, 0.6) is 0 Å². The van der Waals surface area contributed by atoms with Crippen LogP contribution in [0.25, 0.3) is 11.1 Å². The summed E-state index contributed by atoms with van der Waals surface area (Å²) in [6, 6.07) is 22.4. The zero-order chi connectivity index (χ0) is 22.0. The normalized spacial score (nSPS) is 15.3. The van der Waals surface area contributed by atoms with Gasteiger partial charge in [0.25, 0.3) is 5.91 Å². The van der Waals surface area contributed by atoms with E-state index in [2.05, 4.69) is 22.2 Å². The lowest BCUT2D eigenvalue weighted by Crippen LogP contribution is -2.29. The number of hydrogen-bond acceptors (Lipinski definition) is 7. The number of amides is 1. The maximum atomic E-state index is 13.1. The van der Waals surface area contributed by atoms with E-state index in [-0.39, 0.29) is 22.9 Å². The Labute approximate surface area is 183 Å². The number of carbonyl (C=O) groups is 1. The fourth-order valence-corrected chi connectivity index (χ4v) is 4.39. The Morgan fingerprint density at radius 3 is 2.23 bits per heavy atom. The van der Waals surface area contributed by atoms with E-state index in [9.17, 15) is 15.3 Å². The molecule has 0 unspecified atom stereocenters. The van der Waals surface area contributed by atoms with Crippen molar-refractivity contribution in [2.45, 2.75) is 17.2 Å². The third kappa shape index (κ3) is 3.61. The molecule has 0 spiro atoms. The number of carbonyl (C=O) groups excluding carboxylic acids is 1. The van der Waals surface area contributed by atoms with Crippen LogP contribution in [-0.2, 0) is 4.79 Å². The van der Waals surface area contributed by atoms with E-state index in [0.29, 0.717) is 27.6 Å². The van der Waals surface area contributed by atoms with Gasteiger partial charge in [-0.3, -0.25) is 4.79 Å². The number of para-hydroxylation sites is 1. The van der Waals surface area contributed by atoms with Crippen LogP contribution in [0.1, 0.15) is 18.1 Å². The molecule has 2 N–H and O–H groups in total. The number of nitriles is 2. The molecule has 1 amide bonds. The average Bonchev–Trinajstić information content (AvgIpc) is 3.08. The van der Waals surface area contributed by atoms with Gasteiger partial charge in [-0.25, -0.2) is 4.98 Å². The molecule has 150 valence electrons. The van der Waals surface area contributed by atoms with Crippen LogP contribution in [0.2, 0.25) is 0 Å². The monoisotopic (exact) mass is 424 g/mol. The molecule has 7 nitrogen and oxygen atoms in total. The second-order valence-electron chi connectivity index (χ2n) is 6.74. The molecular formula is C23H16N6OS. The summed E-state index contributed by atoms with van der Waals surface area (Å²) >= 11 is 1.11. The van der Waals surface area contributed by atoms with Gasteiger partial charge in [0.15, 0.2) is 0 Å². The van der Waals surface area contributed by atoms with Crippen molar-refractivity contribution in [1.82, 2.24) is 4.98 Å². The first kappa shape index (κ1) is 20.1. The Hall–Kier alpha value is -4.14. The van der Waals surface area contributed by atoms with Gasteiger partial charge in [-0.15, -0.1) is 0 Å². The van der Waals surface area contributed by atoms with E-state index in [0.717, 1.165) is 11.8 Å². The van der Waals surface area contributed by atoms with Crippen molar-refractivity contribution in [2.24, 2.45) is 5.10 Å². The highest BCUT2D eigenvalue weighted by Gasteiger charge is 2.36. The fourth-order valence-electron chi connectivity index (χ4n) is 3.33. The zero-order valence-corrected chi connectivity index (χ0v) is 17.3. The Balaban J connectivity index is 1.77. The molecule has 0 radical (unpaired) electrons. The molecule has 0 saturated heterocycles. The third-order valence-corrected chi connectivity index (χ3v) is 6.08. The number of pyridine rings is 1. The summed E-state index contributed by atoms with van der Waals surface area (Å²) in [6.45, 7) is 1.76. The third-order valence-electron chi connectivity index (χ3n) is 4.78. The molecule has 1 aliphatic heterocycles. The van der Waals surface area contributed by atoms with E-state index in [1.54, 1.807) is 31.2 Å². The number of aromatic nitrogens is 1. The van der Waals surface area contributed by atoms with Gasteiger partial charge in [0.1, 0.15) is 33.8 Å². The summed E-state index contributed by atoms with van der Waals surface area (Å²) in [4.78, 5) is 17.4. The molecule has 0 aliphatic carbocycles. The van der Waals surface area contributed by atoms with Crippen LogP contribution in [0.3, 0.4) is 0 Å². The summed E-state index contributed by atoms with van der Waals surface area (Å²) in [7, 11) is 0. The molecule has 1 aromatic heterocycles. The molecule has 1 atom stereocenters. The topological polar surface area (TPSA) is 119 Å². The molecular weight excluding hydrogens is 408 g/mol. The Morgan fingerprint density at radius 1 is 1.00 bits per heavy atom. The van der Waals surface area contributed by atoms with Gasteiger partial charge in [0, 0.05) is 5.56 Å². The number of nitrogens with two attached hydrogens (primary N) is 1. The Bertz CT molecular complexity index is 1280. The summed E-state index contributed by atoms with van der Waals surface area (Å²) in [5, 5.41) is 24.9. The van der Waals surface area contributed by atoms with Crippen LogP contribution in [0, 0.1) is 22.7 Å². The highest BCUT2D eigenvalue weighted by molar-refractivity contribution is 8.01. The molecule has 4 rings (SSSR count). The molecule has 2 aromatic carbocycles. The van der Waals surface area contributed by atoms with Crippen LogP contribution < -0.4 is 10.7 Å². The van der Waals surface area contributed by atoms with Gasteiger partial charge in [0.05, 0.1) is 17.0 Å². The van der Waals surface area contributed by atoms with Crippen molar-refractivity contribution in [2.75, 3.05) is 10.7 Å². The average molecular weight is 424 g/mol. The lowest BCUT2D eigenvalue weighted by molar-refractivity contribution is -0.116. The van der Waals surface area contributed by atoms with E-state index in [1.807, 2.05) is 36.4 Å². The molecule has 31 heavy (non-hydrogen) atoms. The molecule has 1 aliphatic rings. The number of nitrogens with zero attached hydrogens (tertiary/aromatic N) is 5. The molecule has 0 bridgehead atoms. The molecule has 0 fully saturated rings. The predicted octanol–water partition coefficient (Wildman–Crippen LogP) is 3.96.